The van der Waals surface area contributed by atoms with Gasteiger partial charge in [0.1, 0.15) is 0 Å². The van der Waals surface area contributed by atoms with Crippen LogP contribution in [0.25, 0.3) is 0 Å². The molecule has 2 unspecified atom stereocenters. The Morgan fingerprint density at radius 2 is 2.12 bits per heavy atom. The molecule has 3 nitrogen and oxygen atoms in total. The SMILES string of the molecule is CCCNCCCCN1CCC(C)C(OC)C1. The predicted molar refractivity (Wildman–Crippen MR) is 73.4 cm³/mol. The fourth-order valence-electron chi connectivity index (χ4n) is 2.49. The Bertz CT molecular complexity index is 187. The maximum Gasteiger partial charge on any atom is 0.0724 e. The molecule has 1 fully saturated rings. The van der Waals surface area contributed by atoms with Gasteiger partial charge in [0.05, 0.1) is 6.10 Å². The Hall–Kier alpha value is -0.120. The molecule has 0 bridgehead atoms. The Morgan fingerprint density at radius 1 is 1.29 bits per heavy atom. The van der Waals surface area contributed by atoms with Crippen molar-refractivity contribution in [3.8, 4) is 0 Å². The van der Waals surface area contributed by atoms with E-state index in [1.54, 1.807) is 0 Å². The number of ether oxygens (including phenoxy) is 1. The van der Waals surface area contributed by atoms with Gasteiger partial charge in [-0.05, 0) is 57.8 Å². The quantitative estimate of drug-likeness (QED) is 0.660. The molecule has 1 rings (SSSR count). The van der Waals surface area contributed by atoms with Gasteiger partial charge in [0.25, 0.3) is 0 Å². The van der Waals surface area contributed by atoms with Crippen molar-refractivity contribution in [2.75, 3.05) is 39.8 Å². The van der Waals surface area contributed by atoms with E-state index in [1.807, 2.05) is 7.11 Å². The van der Waals surface area contributed by atoms with Crippen LogP contribution in [0.15, 0.2) is 0 Å². The van der Waals surface area contributed by atoms with Crippen LogP contribution < -0.4 is 5.32 Å². The van der Waals surface area contributed by atoms with Crippen LogP contribution in [0.5, 0.6) is 0 Å². The van der Waals surface area contributed by atoms with Gasteiger partial charge in [0.2, 0.25) is 0 Å². The first-order chi connectivity index (χ1) is 8.27. The molecule has 0 aliphatic carbocycles. The topological polar surface area (TPSA) is 24.5 Å². The molecule has 0 aromatic heterocycles. The Kier molecular flexibility index (Phi) is 7.82. The predicted octanol–water partition coefficient (Wildman–Crippen LogP) is 2.12. The highest BCUT2D eigenvalue weighted by Crippen LogP contribution is 2.19. The first-order valence-corrected chi connectivity index (χ1v) is 7.23. The van der Waals surface area contributed by atoms with Crippen LogP contribution in [-0.2, 0) is 4.74 Å². The van der Waals surface area contributed by atoms with Crippen LogP contribution in [0.1, 0.15) is 39.5 Å². The van der Waals surface area contributed by atoms with Crippen LogP contribution in [0.3, 0.4) is 0 Å². The lowest BCUT2D eigenvalue weighted by molar-refractivity contribution is -0.00520. The number of methoxy groups -OCH3 is 1. The summed E-state index contributed by atoms with van der Waals surface area (Å²) in [6.45, 7) is 10.5. The maximum atomic E-state index is 5.54. The van der Waals surface area contributed by atoms with Gasteiger partial charge in [-0.25, -0.2) is 0 Å². The van der Waals surface area contributed by atoms with Crippen molar-refractivity contribution in [3.63, 3.8) is 0 Å². The third-order valence-electron chi connectivity index (χ3n) is 3.78. The number of nitrogens with one attached hydrogen (secondary N) is 1. The Labute approximate surface area is 107 Å². The van der Waals surface area contributed by atoms with Gasteiger partial charge in [-0.1, -0.05) is 13.8 Å². The van der Waals surface area contributed by atoms with Crippen LogP contribution in [-0.4, -0.2) is 50.8 Å². The monoisotopic (exact) mass is 242 g/mol. The minimum atomic E-state index is 0.446. The smallest absolute Gasteiger partial charge is 0.0724 e. The van der Waals surface area contributed by atoms with Crippen molar-refractivity contribution in [1.82, 2.24) is 10.2 Å². The third kappa shape index (κ3) is 5.84. The molecule has 0 saturated carbocycles. The zero-order valence-electron chi connectivity index (χ0n) is 11.9. The highest BCUT2D eigenvalue weighted by atomic mass is 16.5. The lowest BCUT2D eigenvalue weighted by Crippen LogP contribution is -2.44. The molecule has 1 heterocycles. The molecule has 0 spiro atoms. The molecule has 1 saturated heterocycles. The second kappa shape index (κ2) is 8.90. The minimum absolute atomic E-state index is 0.446. The summed E-state index contributed by atoms with van der Waals surface area (Å²) in [5.41, 5.74) is 0. The lowest BCUT2D eigenvalue weighted by Gasteiger charge is -2.36. The summed E-state index contributed by atoms with van der Waals surface area (Å²) >= 11 is 0. The summed E-state index contributed by atoms with van der Waals surface area (Å²) in [4.78, 5) is 2.56. The molecule has 1 aliphatic heterocycles. The summed E-state index contributed by atoms with van der Waals surface area (Å²) in [5, 5.41) is 3.46. The molecular weight excluding hydrogens is 212 g/mol. The van der Waals surface area contributed by atoms with Crippen molar-refractivity contribution in [3.05, 3.63) is 0 Å². The first-order valence-electron chi connectivity index (χ1n) is 7.23. The van der Waals surface area contributed by atoms with Gasteiger partial charge < -0.3 is 15.0 Å². The number of likely N-dealkylation sites (tertiary alicyclic amines) is 1. The first kappa shape index (κ1) is 14.9. The normalized spacial score (nSPS) is 26.3. The van der Waals surface area contributed by atoms with E-state index in [0.717, 1.165) is 19.0 Å². The van der Waals surface area contributed by atoms with Crippen molar-refractivity contribution >= 4 is 0 Å². The molecule has 1 aliphatic rings. The second-order valence-electron chi connectivity index (χ2n) is 5.30. The fourth-order valence-corrected chi connectivity index (χ4v) is 2.49. The van der Waals surface area contributed by atoms with Crippen molar-refractivity contribution < 1.29 is 4.74 Å². The van der Waals surface area contributed by atoms with Crippen molar-refractivity contribution in [2.45, 2.75) is 45.6 Å². The lowest BCUT2D eigenvalue weighted by atomic mass is 9.95. The molecule has 0 aromatic rings. The zero-order chi connectivity index (χ0) is 12.5. The average molecular weight is 242 g/mol. The van der Waals surface area contributed by atoms with Crippen LogP contribution in [0.2, 0.25) is 0 Å². The van der Waals surface area contributed by atoms with Crippen LogP contribution in [0, 0.1) is 5.92 Å². The van der Waals surface area contributed by atoms with Gasteiger partial charge in [-0.3, -0.25) is 0 Å². The van der Waals surface area contributed by atoms with E-state index in [0.29, 0.717) is 6.10 Å². The van der Waals surface area contributed by atoms with E-state index in [4.69, 9.17) is 4.74 Å². The standard InChI is InChI=1S/C14H30N2O/c1-4-8-15-9-5-6-10-16-11-7-13(2)14(12-16)17-3/h13-15H,4-12H2,1-3H3. The highest BCUT2D eigenvalue weighted by molar-refractivity contribution is 4.78. The van der Waals surface area contributed by atoms with Crippen molar-refractivity contribution in [2.24, 2.45) is 5.92 Å². The number of rotatable bonds is 8. The van der Waals surface area contributed by atoms with Crippen LogP contribution in [0.4, 0.5) is 0 Å². The van der Waals surface area contributed by atoms with E-state index in [-0.39, 0.29) is 0 Å². The summed E-state index contributed by atoms with van der Waals surface area (Å²) in [7, 11) is 1.85. The summed E-state index contributed by atoms with van der Waals surface area (Å²) in [6, 6.07) is 0. The van der Waals surface area contributed by atoms with E-state index < -0.39 is 0 Å². The van der Waals surface area contributed by atoms with Crippen LogP contribution >= 0.6 is 0 Å². The largest absolute Gasteiger partial charge is 0.380 e. The van der Waals surface area contributed by atoms with Gasteiger partial charge in [-0.15, -0.1) is 0 Å². The molecule has 0 aromatic carbocycles. The summed E-state index contributed by atoms with van der Waals surface area (Å²) in [6.07, 6.45) is 5.57. The maximum absolute atomic E-state index is 5.54. The molecule has 3 heteroatoms. The summed E-state index contributed by atoms with van der Waals surface area (Å²) < 4.78 is 5.54. The number of piperidine rings is 1. The Balaban J connectivity index is 2.03. The van der Waals surface area contributed by atoms with E-state index >= 15 is 0 Å². The molecule has 0 amide bonds. The second-order valence-corrected chi connectivity index (χ2v) is 5.30. The molecule has 1 N–H and O–H groups in total. The molecule has 0 radical (unpaired) electrons. The van der Waals surface area contributed by atoms with Gasteiger partial charge in [-0.2, -0.15) is 0 Å². The Morgan fingerprint density at radius 3 is 2.82 bits per heavy atom. The van der Waals surface area contributed by atoms with E-state index in [2.05, 4.69) is 24.1 Å². The summed E-state index contributed by atoms with van der Waals surface area (Å²) in [5.74, 6) is 0.725. The number of hydrogen-bond donors (Lipinski definition) is 1. The minimum Gasteiger partial charge on any atom is -0.380 e. The van der Waals surface area contributed by atoms with Crippen molar-refractivity contribution in [1.29, 1.82) is 0 Å². The number of hydrogen-bond acceptors (Lipinski definition) is 3. The average Bonchev–Trinajstić information content (AvgIpc) is 2.35. The van der Waals surface area contributed by atoms with E-state index in [1.165, 1.54) is 45.3 Å². The molecule has 102 valence electrons. The van der Waals surface area contributed by atoms with E-state index in [9.17, 15) is 0 Å². The van der Waals surface area contributed by atoms with Gasteiger partial charge in [0.15, 0.2) is 0 Å². The number of nitrogens with zero attached hydrogens (tertiary/aromatic N) is 1. The van der Waals surface area contributed by atoms with Gasteiger partial charge >= 0.3 is 0 Å². The number of unbranched alkanes of at least 4 members (excludes halogenated alkanes) is 1. The molecule has 2 atom stereocenters. The van der Waals surface area contributed by atoms with Gasteiger partial charge in [0, 0.05) is 13.7 Å². The zero-order valence-corrected chi connectivity index (χ0v) is 11.9. The fraction of sp³-hybridized carbons (Fsp3) is 1.00. The highest BCUT2D eigenvalue weighted by Gasteiger charge is 2.25. The third-order valence-corrected chi connectivity index (χ3v) is 3.78. The molecule has 17 heavy (non-hydrogen) atoms. The molecular formula is C14H30N2O.